The Hall–Kier alpha value is -4.63. The van der Waals surface area contributed by atoms with E-state index in [9.17, 15) is 0 Å². The van der Waals surface area contributed by atoms with E-state index >= 15 is 0 Å². The van der Waals surface area contributed by atoms with Crippen LogP contribution in [-0.2, 0) is 13.3 Å². The summed E-state index contributed by atoms with van der Waals surface area (Å²) in [5.74, 6) is 0. The summed E-state index contributed by atoms with van der Waals surface area (Å²) >= 11 is 2.45. The van der Waals surface area contributed by atoms with E-state index in [1.54, 1.807) is 0 Å². The predicted molar refractivity (Wildman–Crippen MR) is 237 cm³/mol. The molecule has 0 saturated carbocycles. The first-order chi connectivity index (χ1) is 25.9. The topological polar surface area (TPSA) is 27.7 Å². The molecular formula is C48H37IO3Si. The fraction of sp³-hybridized carbons (Fsp3) is 0.125. The lowest BCUT2D eigenvalue weighted by Gasteiger charge is -2.31. The fourth-order valence-corrected chi connectivity index (χ4v) is 12.2. The Morgan fingerprint density at radius 2 is 0.774 bits per heavy atom. The molecule has 0 aliphatic rings. The Morgan fingerprint density at radius 1 is 0.358 bits per heavy atom. The van der Waals surface area contributed by atoms with E-state index in [-0.39, 0.29) is 0 Å². The van der Waals surface area contributed by atoms with Crippen LogP contribution in [-0.4, -0.2) is 28.6 Å². The van der Waals surface area contributed by atoms with Crippen LogP contribution in [0.2, 0.25) is 0 Å². The third kappa shape index (κ3) is 5.32. The van der Waals surface area contributed by atoms with Gasteiger partial charge in [-0.15, -0.1) is 0 Å². The van der Waals surface area contributed by atoms with Gasteiger partial charge in [-0.3, -0.25) is 0 Å². The maximum atomic E-state index is 6.71. The van der Waals surface area contributed by atoms with Crippen molar-refractivity contribution in [3.8, 4) is 0 Å². The first-order valence-electron chi connectivity index (χ1n) is 18.5. The van der Waals surface area contributed by atoms with E-state index in [2.05, 4.69) is 156 Å². The highest BCUT2D eigenvalue weighted by Gasteiger charge is 2.46. The molecule has 0 bridgehead atoms. The zero-order valence-electron chi connectivity index (χ0n) is 29.9. The minimum atomic E-state index is -3.39. The molecule has 5 heteroatoms. The number of benzene rings is 10. The van der Waals surface area contributed by atoms with Crippen molar-refractivity contribution in [1.82, 2.24) is 0 Å². The molecule has 3 nitrogen and oxygen atoms in total. The molecule has 258 valence electrons. The summed E-state index contributed by atoms with van der Waals surface area (Å²) in [6, 6.07) is 50.1. The molecule has 0 aliphatic carbocycles. The minimum Gasteiger partial charge on any atom is -0.370 e. The summed E-state index contributed by atoms with van der Waals surface area (Å²) in [7, 11) is -3.39. The summed E-state index contributed by atoms with van der Waals surface area (Å²) in [5.41, 5.74) is 0. The van der Waals surface area contributed by atoms with Crippen LogP contribution >= 0.6 is 22.6 Å². The van der Waals surface area contributed by atoms with Gasteiger partial charge in [-0.05, 0) is 225 Å². The number of halogens is 1. The van der Waals surface area contributed by atoms with Crippen LogP contribution in [0.25, 0.3) is 97.0 Å². The average Bonchev–Trinajstić information content (AvgIpc) is 3.16. The van der Waals surface area contributed by atoms with Gasteiger partial charge in [0.1, 0.15) is 0 Å². The minimum absolute atomic E-state index is 0.494. The molecule has 0 radical (unpaired) electrons. The molecule has 0 aliphatic heterocycles. The highest BCUT2D eigenvalue weighted by molar-refractivity contribution is 14.1. The molecule has 0 atom stereocenters. The zero-order valence-corrected chi connectivity index (χ0v) is 33.1. The summed E-state index contributed by atoms with van der Waals surface area (Å²) in [6.45, 7) is 7.59. The second-order valence-corrected chi connectivity index (χ2v) is 17.7. The smallest absolute Gasteiger partial charge is 0.370 e. The van der Waals surface area contributed by atoms with E-state index < -0.39 is 8.80 Å². The SMILES string of the molecule is CCO[Si](OCC)(OCC)c1c2cc3cc4cc5ccccc5cc4cc3cc2cc2c1ccc1cc3cc4cc5cccc(I)c5cc4cc3cc12. The average molecular weight is 817 g/mol. The van der Waals surface area contributed by atoms with E-state index in [0.717, 1.165) is 21.3 Å². The molecule has 53 heavy (non-hydrogen) atoms. The Kier molecular flexibility index (Phi) is 7.93. The maximum absolute atomic E-state index is 6.71. The quantitative estimate of drug-likeness (QED) is 0.0694. The highest BCUT2D eigenvalue weighted by atomic mass is 127. The van der Waals surface area contributed by atoms with Gasteiger partial charge < -0.3 is 13.3 Å². The maximum Gasteiger partial charge on any atom is 0.538 e. The molecule has 0 heterocycles. The van der Waals surface area contributed by atoms with Gasteiger partial charge in [-0.1, -0.05) is 48.5 Å². The molecule has 0 amide bonds. The van der Waals surface area contributed by atoms with Gasteiger partial charge in [0, 0.05) is 28.6 Å². The van der Waals surface area contributed by atoms with Crippen LogP contribution in [0.15, 0.2) is 133 Å². The van der Waals surface area contributed by atoms with Crippen molar-refractivity contribution < 1.29 is 13.3 Å². The number of hydrogen-bond donors (Lipinski definition) is 0. The summed E-state index contributed by atoms with van der Waals surface area (Å²) in [5, 5.41) is 23.0. The van der Waals surface area contributed by atoms with Gasteiger partial charge in [0.2, 0.25) is 0 Å². The zero-order chi connectivity index (χ0) is 35.8. The van der Waals surface area contributed by atoms with Crippen molar-refractivity contribution >= 4 is 134 Å². The largest absolute Gasteiger partial charge is 0.538 e. The van der Waals surface area contributed by atoms with E-state index in [0.29, 0.717) is 19.8 Å². The van der Waals surface area contributed by atoms with E-state index in [1.165, 1.54) is 84.4 Å². The van der Waals surface area contributed by atoms with Crippen molar-refractivity contribution in [2.45, 2.75) is 20.8 Å². The molecule has 0 fully saturated rings. The fourth-order valence-electron chi connectivity index (χ4n) is 8.60. The number of rotatable bonds is 7. The van der Waals surface area contributed by atoms with Gasteiger partial charge in [-0.2, -0.15) is 0 Å². The van der Waals surface area contributed by atoms with Crippen LogP contribution in [0.3, 0.4) is 0 Å². The van der Waals surface area contributed by atoms with Gasteiger partial charge in [0.05, 0.1) is 0 Å². The first kappa shape index (κ1) is 33.0. The molecule has 0 aromatic heterocycles. The third-order valence-corrected chi connectivity index (χ3v) is 15.0. The Morgan fingerprint density at radius 3 is 1.34 bits per heavy atom. The lowest BCUT2D eigenvalue weighted by Crippen LogP contribution is -2.57. The van der Waals surface area contributed by atoms with E-state index in [4.69, 9.17) is 13.3 Å². The Bertz CT molecular complexity index is 3120. The Labute approximate surface area is 322 Å². The standard InChI is InChI=1S/C48H37IO3Si/c1-4-50-53(51-5-2,52-6-3)48-42-15-14-32-19-36-21-35-18-31-12-9-13-47(49)44(31)26-39(35)23-38(36)25-43(32)46(42)28-41-24-37-20-33-16-29-10-7-8-11-30(29)17-34(33)22-40(37)27-45(41)48/h7-28H,4-6H2,1-3H3. The van der Waals surface area contributed by atoms with Gasteiger partial charge in [0.15, 0.2) is 0 Å². The van der Waals surface area contributed by atoms with Crippen LogP contribution in [0.4, 0.5) is 0 Å². The summed E-state index contributed by atoms with van der Waals surface area (Å²) in [6.07, 6.45) is 0. The van der Waals surface area contributed by atoms with Crippen molar-refractivity contribution in [3.63, 3.8) is 0 Å². The lowest BCUT2D eigenvalue weighted by atomic mass is 9.92. The van der Waals surface area contributed by atoms with Crippen molar-refractivity contribution in [1.29, 1.82) is 0 Å². The molecule has 0 spiro atoms. The van der Waals surface area contributed by atoms with Crippen LogP contribution in [0.5, 0.6) is 0 Å². The van der Waals surface area contributed by atoms with Gasteiger partial charge in [0.25, 0.3) is 0 Å². The number of hydrogen-bond acceptors (Lipinski definition) is 3. The molecule has 10 rings (SSSR count). The Balaban J connectivity index is 1.30. The van der Waals surface area contributed by atoms with Crippen molar-refractivity contribution in [2.75, 3.05) is 19.8 Å². The highest BCUT2D eigenvalue weighted by Crippen LogP contribution is 2.38. The van der Waals surface area contributed by atoms with Gasteiger partial charge >= 0.3 is 8.80 Å². The normalized spacial score (nSPS) is 12.6. The predicted octanol–water partition coefficient (Wildman–Crippen LogP) is 12.9. The van der Waals surface area contributed by atoms with Crippen molar-refractivity contribution in [2.24, 2.45) is 0 Å². The monoisotopic (exact) mass is 816 g/mol. The first-order valence-corrected chi connectivity index (χ1v) is 21.3. The molecular weight excluding hydrogens is 780 g/mol. The van der Waals surface area contributed by atoms with Crippen LogP contribution in [0.1, 0.15) is 20.8 Å². The summed E-state index contributed by atoms with van der Waals surface area (Å²) in [4.78, 5) is 0. The number of fused-ring (bicyclic) bond motifs is 10. The summed E-state index contributed by atoms with van der Waals surface area (Å²) < 4.78 is 21.4. The second-order valence-electron chi connectivity index (χ2n) is 14.0. The van der Waals surface area contributed by atoms with E-state index in [1.807, 2.05) is 20.8 Å². The van der Waals surface area contributed by atoms with Crippen LogP contribution < -0.4 is 5.19 Å². The third-order valence-electron chi connectivity index (χ3n) is 10.9. The van der Waals surface area contributed by atoms with Crippen LogP contribution in [0, 0.1) is 3.57 Å². The van der Waals surface area contributed by atoms with Gasteiger partial charge in [-0.25, -0.2) is 0 Å². The molecule has 10 aromatic carbocycles. The second kappa shape index (κ2) is 12.8. The lowest BCUT2D eigenvalue weighted by molar-refractivity contribution is 0.0865. The molecule has 0 saturated heterocycles. The molecule has 10 aromatic rings. The van der Waals surface area contributed by atoms with Crippen molar-refractivity contribution in [3.05, 3.63) is 137 Å². The molecule has 0 unspecified atom stereocenters. The molecule has 0 N–H and O–H groups in total.